The van der Waals surface area contributed by atoms with Crippen molar-refractivity contribution in [2.24, 2.45) is 5.92 Å². The third kappa shape index (κ3) is 6.35. The van der Waals surface area contributed by atoms with Gasteiger partial charge in [-0.15, -0.1) is 0 Å². The lowest BCUT2D eigenvalue weighted by Gasteiger charge is -2.32. The maximum absolute atomic E-state index is 14.8. The van der Waals surface area contributed by atoms with E-state index < -0.39 is 11.9 Å². The molecular weight excluding hydrogens is 529 g/mol. The van der Waals surface area contributed by atoms with E-state index in [1.54, 1.807) is 23.1 Å². The molecule has 1 atom stereocenters. The first-order valence-corrected chi connectivity index (χ1v) is 14.5. The number of carbonyl (C=O) groups is 3. The summed E-state index contributed by atoms with van der Waals surface area (Å²) in [5.74, 6) is -0.804. The normalized spacial score (nSPS) is 13.0. The maximum Gasteiger partial charge on any atom is 0.258 e. The highest BCUT2D eigenvalue weighted by molar-refractivity contribution is 6.25. The molecule has 3 amide bonds. The second-order valence-corrected chi connectivity index (χ2v) is 11.2. The van der Waals surface area contributed by atoms with Crippen LogP contribution in [0.4, 0.5) is 10.1 Å². The van der Waals surface area contributed by atoms with Gasteiger partial charge in [-0.2, -0.15) is 0 Å². The van der Waals surface area contributed by atoms with E-state index in [2.05, 4.69) is 5.32 Å². The molecule has 1 N–H and O–H groups in total. The number of anilines is 1. The zero-order valence-corrected chi connectivity index (χ0v) is 24.1. The average Bonchev–Trinajstić information content (AvgIpc) is 3.27. The van der Waals surface area contributed by atoms with Crippen molar-refractivity contribution in [1.82, 2.24) is 10.2 Å². The zero-order chi connectivity index (χ0) is 29.6. The lowest BCUT2D eigenvalue weighted by Crippen LogP contribution is -2.51. The van der Waals surface area contributed by atoms with E-state index in [0.29, 0.717) is 37.1 Å². The van der Waals surface area contributed by atoms with Crippen LogP contribution in [0.3, 0.4) is 0 Å². The molecule has 216 valence electrons. The van der Waals surface area contributed by atoms with Crippen LogP contribution in [-0.2, 0) is 22.6 Å². The van der Waals surface area contributed by atoms with Gasteiger partial charge in [-0.1, -0.05) is 86.6 Å². The lowest BCUT2D eigenvalue weighted by molar-refractivity contribution is -0.141. The van der Waals surface area contributed by atoms with E-state index in [9.17, 15) is 18.8 Å². The number of nitrogens with one attached hydrogen (secondary N) is 1. The molecule has 1 aliphatic rings. The van der Waals surface area contributed by atoms with Crippen LogP contribution in [0.5, 0.6) is 0 Å². The van der Waals surface area contributed by atoms with Gasteiger partial charge in [-0.05, 0) is 41.5 Å². The van der Waals surface area contributed by atoms with Crippen LogP contribution in [0.25, 0.3) is 10.8 Å². The fourth-order valence-electron chi connectivity index (χ4n) is 5.52. The smallest absolute Gasteiger partial charge is 0.258 e. The summed E-state index contributed by atoms with van der Waals surface area (Å²) >= 11 is 0. The van der Waals surface area contributed by atoms with Crippen molar-refractivity contribution in [1.29, 1.82) is 0 Å². The van der Waals surface area contributed by atoms with Crippen molar-refractivity contribution in [2.75, 3.05) is 18.0 Å². The molecule has 7 heteroatoms. The Bertz CT molecular complexity index is 1580. The van der Waals surface area contributed by atoms with E-state index >= 15 is 0 Å². The molecule has 0 radical (unpaired) electrons. The van der Waals surface area contributed by atoms with Crippen molar-refractivity contribution in [3.05, 3.63) is 114 Å². The Kier molecular flexibility index (Phi) is 8.96. The Morgan fingerprint density at radius 3 is 2.36 bits per heavy atom. The Labute approximate surface area is 246 Å². The molecule has 0 unspecified atom stereocenters. The summed E-state index contributed by atoms with van der Waals surface area (Å²) in [5, 5.41) is 4.92. The molecule has 0 fully saturated rings. The topological polar surface area (TPSA) is 69.7 Å². The summed E-state index contributed by atoms with van der Waals surface area (Å²) in [5.41, 5.74) is 2.76. The summed E-state index contributed by atoms with van der Waals surface area (Å²) in [6.07, 6.45) is 0.800. The minimum Gasteiger partial charge on any atom is -0.354 e. The molecule has 0 saturated carbocycles. The van der Waals surface area contributed by atoms with Crippen LogP contribution in [-0.4, -0.2) is 41.8 Å². The predicted octanol–water partition coefficient (Wildman–Crippen LogP) is 6.13. The average molecular weight is 566 g/mol. The highest BCUT2D eigenvalue weighted by Crippen LogP contribution is 2.37. The summed E-state index contributed by atoms with van der Waals surface area (Å²) in [7, 11) is 0. The molecule has 4 aromatic carbocycles. The zero-order valence-electron chi connectivity index (χ0n) is 24.1. The number of amides is 3. The molecule has 0 spiro atoms. The third-order valence-electron chi connectivity index (χ3n) is 7.68. The first-order chi connectivity index (χ1) is 20.3. The van der Waals surface area contributed by atoms with Crippen LogP contribution in [0.2, 0.25) is 0 Å². The van der Waals surface area contributed by atoms with Crippen molar-refractivity contribution in [3.63, 3.8) is 0 Å². The predicted molar refractivity (Wildman–Crippen MR) is 164 cm³/mol. The number of rotatable bonds is 12. The first kappa shape index (κ1) is 29.0. The van der Waals surface area contributed by atoms with Gasteiger partial charge in [-0.25, -0.2) is 4.39 Å². The molecule has 42 heavy (non-hydrogen) atoms. The molecule has 6 nitrogen and oxygen atoms in total. The molecule has 0 bridgehead atoms. The highest BCUT2D eigenvalue weighted by atomic mass is 19.1. The number of hydrogen-bond acceptors (Lipinski definition) is 3. The van der Waals surface area contributed by atoms with Crippen LogP contribution >= 0.6 is 0 Å². The molecule has 0 aromatic heterocycles. The van der Waals surface area contributed by atoms with Crippen LogP contribution < -0.4 is 10.2 Å². The standard InChI is InChI=1S/C35H36FN3O3/c1-24(2)22-37-34(41)31(21-25-11-4-3-5-12-25)39(23-27-13-6-7-17-29(27)36)32(40)19-10-20-38-30-18-9-15-26-14-8-16-28(33(26)30)35(38)42/h3-9,11-18,24,31H,10,19-23H2,1-2H3,(H,37,41)/t31-/m1/s1. The van der Waals surface area contributed by atoms with Gasteiger partial charge in [0.25, 0.3) is 5.91 Å². The van der Waals surface area contributed by atoms with E-state index in [1.807, 2.05) is 80.6 Å². The SMILES string of the molecule is CC(C)CNC(=O)[C@@H](Cc1ccccc1)N(Cc1ccccc1F)C(=O)CCCN1C(=O)c2cccc3cccc1c23. The number of benzene rings is 4. The maximum atomic E-state index is 14.8. The Morgan fingerprint density at radius 1 is 0.905 bits per heavy atom. The van der Waals surface area contributed by atoms with Crippen molar-refractivity contribution >= 4 is 34.2 Å². The number of hydrogen-bond donors (Lipinski definition) is 1. The lowest BCUT2D eigenvalue weighted by atomic mass is 10.0. The van der Waals surface area contributed by atoms with Gasteiger partial charge >= 0.3 is 0 Å². The van der Waals surface area contributed by atoms with Gasteiger partial charge in [0.15, 0.2) is 0 Å². The fraction of sp³-hybridized carbons (Fsp3) is 0.286. The van der Waals surface area contributed by atoms with Crippen molar-refractivity contribution < 1.29 is 18.8 Å². The van der Waals surface area contributed by atoms with Gasteiger partial charge in [-0.3, -0.25) is 14.4 Å². The van der Waals surface area contributed by atoms with Gasteiger partial charge in [0.05, 0.1) is 5.69 Å². The van der Waals surface area contributed by atoms with Gasteiger partial charge in [0, 0.05) is 49.0 Å². The molecule has 5 rings (SSSR count). The quantitative estimate of drug-likeness (QED) is 0.225. The molecule has 1 aliphatic heterocycles. The summed E-state index contributed by atoms with van der Waals surface area (Å²) in [4.78, 5) is 44.0. The number of nitrogens with zero attached hydrogens (tertiary/aromatic N) is 2. The van der Waals surface area contributed by atoms with Gasteiger partial charge in [0.2, 0.25) is 11.8 Å². The van der Waals surface area contributed by atoms with E-state index in [1.165, 1.54) is 11.0 Å². The van der Waals surface area contributed by atoms with Gasteiger partial charge in [0.1, 0.15) is 11.9 Å². The van der Waals surface area contributed by atoms with Gasteiger partial charge < -0.3 is 15.1 Å². The second-order valence-electron chi connectivity index (χ2n) is 11.2. The van der Waals surface area contributed by atoms with Crippen LogP contribution in [0, 0.1) is 11.7 Å². The Hall–Kier alpha value is -4.52. The summed E-state index contributed by atoms with van der Waals surface area (Å²) < 4.78 is 14.8. The van der Waals surface area contributed by atoms with E-state index in [0.717, 1.165) is 22.0 Å². The second kappa shape index (κ2) is 13.0. The monoisotopic (exact) mass is 565 g/mol. The molecule has 1 heterocycles. The minimum absolute atomic E-state index is 0.0362. The minimum atomic E-state index is -0.829. The largest absolute Gasteiger partial charge is 0.354 e. The van der Waals surface area contributed by atoms with Crippen LogP contribution in [0.15, 0.2) is 91.0 Å². The Balaban J connectivity index is 1.38. The molecule has 0 aliphatic carbocycles. The molecule has 0 saturated heterocycles. The molecular formula is C35H36FN3O3. The van der Waals surface area contributed by atoms with Crippen LogP contribution in [0.1, 0.15) is 48.2 Å². The van der Waals surface area contributed by atoms with E-state index in [4.69, 9.17) is 0 Å². The van der Waals surface area contributed by atoms with E-state index in [-0.39, 0.29) is 36.6 Å². The number of carbonyl (C=O) groups excluding carboxylic acids is 3. The first-order valence-electron chi connectivity index (χ1n) is 14.5. The Morgan fingerprint density at radius 2 is 1.62 bits per heavy atom. The summed E-state index contributed by atoms with van der Waals surface area (Å²) in [6.45, 7) is 4.80. The highest BCUT2D eigenvalue weighted by Gasteiger charge is 2.32. The summed E-state index contributed by atoms with van der Waals surface area (Å²) in [6, 6.07) is 26.6. The molecule has 4 aromatic rings. The van der Waals surface area contributed by atoms with Crippen molar-refractivity contribution in [3.8, 4) is 0 Å². The third-order valence-corrected chi connectivity index (χ3v) is 7.68. The number of halogens is 1. The van der Waals surface area contributed by atoms with Crippen molar-refractivity contribution in [2.45, 2.75) is 45.7 Å². The fourth-order valence-corrected chi connectivity index (χ4v) is 5.52.